The fourth-order valence-corrected chi connectivity index (χ4v) is 1.64. The number of benzene rings is 1. The Morgan fingerprint density at radius 2 is 2.00 bits per heavy atom. The Bertz CT molecular complexity index is 432. The predicted octanol–water partition coefficient (Wildman–Crippen LogP) is 4.29. The fourth-order valence-electron chi connectivity index (χ4n) is 1.11. The lowest BCUT2D eigenvalue weighted by Gasteiger charge is -2.05. The molecule has 15 heavy (non-hydrogen) atoms. The van der Waals surface area contributed by atoms with Crippen LogP contribution in [0.1, 0.15) is 0 Å². The molecule has 0 atom stereocenters. The van der Waals surface area contributed by atoms with Crippen LogP contribution in [-0.2, 0) is 0 Å². The molecule has 0 radical (unpaired) electrons. The summed E-state index contributed by atoms with van der Waals surface area (Å²) in [5.74, 6) is 1.37. The maximum Gasteiger partial charge on any atom is 0.146 e. The molecule has 0 aliphatic heterocycles. The monoisotopic (exact) mass is 283 g/mol. The quantitative estimate of drug-likeness (QED) is 0.821. The van der Waals surface area contributed by atoms with E-state index in [0.29, 0.717) is 16.5 Å². The molecule has 0 N–H and O–H groups in total. The third-order valence-electron chi connectivity index (χ3n) is 1.71. The van der Waals surface area contributed by atoms with Crippen LogP contribution >= 0.6 is 27.5 Å². The lowest BCUT2D eigenvalue weighted by molar-refractivity contribution is 0.480. The summed E-state index contributed by atoms with van der Waals surface area (Å²) < 4.78 is 6.44. The highest BCUT2D eigenvalue weighted by Crippen LogP contribution is 2.25. The average Bonchev–Trinajstić information content (AvgIpc) is 2.17. The van der Waals surface area contributed by atoms with E-state index in [1.165, 1.54) is 0 Å². The molecule has 2 aromatic rings. The molecule has 4 heteroatoms. The molecule has 1 heterocycles. The number of aromatic nitrogens is 1. The normalized spacial score (nSPS) is 10.0. The Morgan fingerprint density at radius 3 is 2.73 bits per heavy atom. The second-order valence-corrected chi connectivity index (χ2v) is 4.25. The molecule has 1 aromatic carbocycles. The molecular formula is C11H7BrClNO. The first-order valence-electron chi connectivity index (χ1n) is 4.28. The molecule has 0 saturated carbocycles. The molecule has 0 aliphatic rings. The zero-order chi connectivity index (χ0) is 10.7. The van der Waals surface area contributed by atoms with Gasteiger partial charge in [-0.2, -0.15) is 0 Å². The zero-order valence-electron chi connectivity index (χ0n) is 7.65. The minimum absolute atomic E-state index is 0.649. The standard InChI is InChI=1S/C11H7BrClNO/c12-8-4-11(7-14-6-8)15-10-3-1-2-9(13)5-10/h1-7H. The first-order valence-corrected chi connectivity index (χ1v) is 5.45. The van der Waals surface area contributed by atoms with Gasteiger partial charge >= 0.3 is 0 Å². The predicted molar refractivity (Wildman–Crippen MR) is 63.5 cm³/mol. The summed E-state index contributed by atoms with van der Waals surface area (Å²) in [6, 6.07) is 9.07. The van der Waals surface area contributed by atoms with Crippen molar-refractivity contribution in [2.24, 2.45) is 0 Å². The molecule has 0 unspecified atom stereocenters. The van der Waals surface area contributed by atoms with Gasteiger partial charge in [0.2, 0.25) is 0 Å². The molecule has 76 valence electrons. The lowest BCUT2D eigenvalue weighted by atomic mass is 10.3. The van der Waals surface area contributed by atoms with Crippen molar-refractivity contribution >= 4 is 27.5 Å². The van der Waals surface area contributed by atoms with Crippen molar-refractivity contribution < 1.29 is 4.74 Å². The molecule has 0 fully saturated rings. The van der Waals surface area contributed by atoms with Crippen LogP contribution in [0, 0.1) is 0 Å². The molecule has 0 bridgehead atoms. The highest BCUT2D eigenvalue weighted by molar-refractivity contribution is 9.10. The maximum atomic E-state index is 5.84. The van der Waals surface area contributed by atoms with Crippen LogP contribution in [0.2, 0.25) is 5.02 Å². The number of hydrogen-bond donors (Lipinski definition) is 0. The molecule has 1 aromatic heterocycles. The summed E-state index contributed by atoms with van der Waals surface area (Å²) in [7, 11) is 0. The van der Waals surface area contributed by atoms with Crippen LogP contribution in [0.5, 0.6) is 11.5 Å². The molecule has 2 rings (SSSR count). The van der Waals surface area contributed by atoms with Gasteiger partial charge in [-0.05, 0) is 40.2 Å². The van der Waals surface area contributed by atoms with Crippen LogP contribution in [0.15, 0.2) is 47.2 Å². The Balaban J connectivity index is 2.22. The van der Waals surface area contributed by atoms with E-state index in [1.54, 1.807) is 24.5 Å². The van der Waals surface area contributed by atoms with E-state index < -0.39 is 0 Å². The summed E-state index contributed by atoms with van der Waals surface area (Å²) in [5.41, 5.74) is 0. The van der Waals surface area contributed by atoms with Crippen molar-refractivity contribution in [1.82, 2.24) is 4.98 Å². The highest BCUT2D eigenvalue weighted by atomic mass is 79.9. The van der Waals surface area contributed by atoms with Crippen LogP contribution in [0.4, 0.5) is 0 Å². The van der Waals surface area contributed by atoms with Gasteiger partial charge in [0.25, 0.3) is 0 Å². The largest absolute Gasteiger partial charge is 0.456 e. The maximum absolute atomic E-state index is 5.84. The summed E-state index contributed by atoms with van der Waals surface area (Å²) in [6.45, 7) is 0. The Kier molecular flexibility index (Phi) is 3.23. The zero-order valence-corrected chi connectivity index (χ0v) is 9.99. The van der Waals surface area contributed by atoms with E-state index >= 15 is 0 Å². The van der Waals surface area contributed by atoms with Crippen molar-refractivity contribution in [3.05, 3.63) is 52.2 Å². The van der Waals surface area contributed by atoms with Gasteiger partial charge in [-0.15, -0.1) is 0 Å². The molecule has 0 aliphatic carbocycles. The van der Waals surface area contributed by atoms with E-state index in [9.17, 15) is 0 Å². The van der Waals surface area contributed by atoms with Crippen LogP contribution < -0.4 is 4.74 Å². The minimum Gasteiger partial charge on any atom is -0.456 e. The van der Waals surface area contributed by atoms with Gasteiger partial charge in [0.05, 0.1) is 6.20 Å². The van der Waals surface area contributed by atoms with Gasteiger partial charge in [0.1, 0.15) is 11.5 Å². The summed E-state index contributed by atoms with van der Waals surface area (Å²) in [4.78, 5) is 4.00. The lowest BCUT2D eigenvalue weighted by Crippen LogP contribution is -1.84. The average molecular weight is 285 g/mol. The number of halogens is 2. The molecule has 2 nitrogen and oxygen atoms in total. The van der Waals surface area contributed by atoms with Crippen molar-refractivity contribution in [3.8, 4) is 11.5 Å². The van der Waals surface area contributed by atoms with Crippen molar-refractivity contribution in [2.45, 2.75) is 0 Å². The molecule has 0 amide bonds. The Labute approximate surface area is 101 Å². The molecular weight excluding hydrogens is 277 g/mol. The van der Waals surface area contributed by atoms with E-state index in [0.717, 1.165) is 4.47 Å². The third kappa shape index (κ3) is 2.94. The molecule has 0 saturated heterocycles. The highest BCUT2D eigenvalue weighted by Gasteiger charge is 1.98. The SMILES string of the molecule is Clc1cccc(Oc2cncc(Br)c2)c1. The first-order chi connectivity index (χ1) is 7.24. The topological polar surface area (TPSA) is 22.1 Å². The van der Waals surface area contributed by atoms with E-state index in [1.807, 2.05) is 18.2 Å². The number of hydrogen-bond acceptors (Lipinski definition) is 2. The first kappa shape index (κ1) is 10.5. The van der Waals surface area contributed by atoms with Gasteiger partial charge in [-0.3, -0.25) is 4.98 Å². The second-order valence-electron chi connectivity index (χ2n) is 2.90. The third-order valence-corrected chi connectivity index (χ3v) is 2.38. The van der Waals surface area contributed by atoms with Crippen molar-refractivity contribution in [3.63, 3.8) is 0 Å². The minimum atomic E-state index is 0.649. The van der Waals surface area contributed by atoms with Crippen LogP contribution in [0.3, 0.4) is 0 Å². The number of rotatable bonds is 2. The number of ether oxygens (including phenoxy) is 1. The smallest absolute Gasteiger partial charge is 0.146 e. The van der Waals surface area contributed by atoms with Crippen LogP contribution in [0.25, 0.3) is 0 Å². The van der Waals surface area contributed by atoms with Gasteiger partial charge in [0, 0.05) is 15.7 Å². The van der Waals surface area contributed by atoms with Crippen molar-refractivity contribution in [2.75, 3.05) is 0 Å². The van der Waals surface area contributed by atoms with Gasteiger partial charge < -0.3 is 4.74 Å². The summed E-state index contributed by atoms with van der Waals surface area (Å²) in [6.07, 6.45) is 3.34. The Morgan fingerprint density at radius 1 is 1.13 bits per heavy atom. The van der Waals surface area contributed by atoms with Gasteiger partial charge in [0.15, 0.2) is 0 Å². The molecule has 0 spiro atoms. The second kappa shape index (κ2) is 4.64. The van der Waals surface area contributed by atoms with Crippen molar-refractivity contribution in [1.29, 1.82) is 0 Å². The Hall–Kier alpha value is -1.06. The summed E-state index contributed by atoms with van der Waals surface area (Å²) >= 11 is 9.16. The van der Waals surface area contributed by atoms with Gasteiger partial charge in [-0.1, -0.05) is 17.7 Å². The van der Waals surface area contributed by atoms with E-state index in [2.05, 4.69) is 20.9 Å². The van der Waals surface area contributed by atoms with Gasteiger partial charge in [-0.25, -0.2) is 0 Å². The number of pyridine rings is 1. The van der Waals surface area contributed by atoms with Crippen LogP contribution in [-0.4, -0.2) is 4.98 Å². The fraction of sp³-hybridized carbons (Fsp3) is 0. The number of nitrogens with zero attached hydrogens (tertiary/aromatic N) is 1. The van der Waals surface area contributed by atoms with E-state index in [-0.39, 0.29) is 0 Å². The van der Waals surface area contributed by atoms with E-state index in [4.69, 9.17) is 16.3 Å². The summed E-state index contributed by atoms with van der Waals surface area (Å²) in [5, 5.41) is 0.649.